The summed E-state index contributed by atoms with van der Waals surface area (Å²) in [6, 6.07) is 8.07. The molecule has 236 valence electrons. The van der Waals surface area contributed by atoms with Gasteiger partial charge in [0.2, 0.25) is 12.7 Å². The lowest BCUT2D eigenvalue weighted by atomic mass is 10.0. The fourth-order valence-electron chi connectivity index (χ4n) is 4.88. The molecule has 44 heavy (non-hydrogen) atoms. The molecule has 0 bridgehead atoms. The first-order valence-corrected chi connectivity index (χ1v) is 13.4. The average Bonchev–Trinajstić information content (AvgIpc) is 3.72. The van der Waals surface area contributed by atoms with Crippen molar-refractivity contribution in [1.29, 1.82) is 0 Å². The third-order valence-electron chi connectivity index (χ3n) is 7.52. The van der Waals surface area contributed by atoms with Gasteiger partial charge in [-0.15, -0.1) is 29.9 Å². The molecule has 1 aromatic carbocycles. The number of cyclic esters (lactones) is 1. The first-order chi connectivity index (χ1) is 20.2. The Morgan fingerprint density at radius 1 is 1.16 bits per heavy atom. The fourth-order valence-corrected chi connectivity index (χ4v) is 4.88. The summed E-state index contributed by atoms with van der Waals surface area (Å²) in [5.74, 6) is -0.881. The molecule has 3 aromatic rings. The van der Waals surface area contributed by atoms with Crippen molar-refractivity contribution in [2.24, 2.45) is 11.7 Å². The van der Waals surface area contributed by atoms with Crippen LogP contribution in [0.2, 0.25) is 0 Å². The molecule has 3 amide bonds. The molecule has 0 spiro atoms. The van der Waals surface area contributed by atoms with E-state index in [1.54, 1.807) is 19.2 Å². The molecule has 2 aromatic heterocycles. The van der Waals surface area contributed by atoms with Crippen LogP contribution in [0.5, 0.6) is 0 Å². The monoisotopic (exact) mass is 650 g/mol. The molecule has 4 heterocycles. The highest BCUT2D eigenvalue weighted by atomic mass is 35.5. The van der Waals surface area contributed by atoms with E-state index in [4.69, 9.17) is 19.9 Å². The molecule has 17 heteroatoms. The number of benzene rings is 1. The van der Waals surface area contributed by atoms with Crippen LogP contribution in [-0.2, 0) is 30.2 Å². The van der Waals surface area contributed by atoms with E-state index in [1.165, 1.54) is 22.8 Å². The van der Waals surface area contributed by atoms with Crippen LogP contribution < -0.4 is 10.6 Å². The second-order valence-corrected chi connectivity index (χ2v) is 10.1. The molecule has 4 atom stereocenters. The Bertz CT molecular complexity index is 1490. The van der Waals surface area contributed by atoms with Crippen LogP contribution in [0, 0.1) is 5.92 Å². The number of carbonyl (C=O) groups is 4. The van der Waals surface area contributed by atoms with Crippen molar-refractivity contribution >= 4 is 54.6 Å². The molecule has 1 fully saturated rings. The van der Waals surface area contributed by atoms with Crippen molar-refractivity contribution in [1.82, 2.24) is 30.1 Å². The van der Waals surface area contributed by atoms with Gasteiger partial charge in [0, 0.05) is 18.7 Å². The minimum absolute atomic E-state index is 0. The third kappa shape index (κ3) is 6.90. The number of pyridine rings is 1. The van der Waals surface area contributed by atoms with Gasteiger partial charge >= 0.3 is 18.2 Å². The first-order valence-electron chi connectivity index (χ1n) is 13.4. The van der Waals surface area contributed by atoms with E-state index in [0.717, 1.165) is 21.6 Å². The summed E-state index contributed by atoms with van der Waals surface area (Å²) in [4.78, 5) is 56.7. The van der Waals surface area contributed by atoms with E-state index >= 15 is 0 Å². The van der Waals surface area contributed by atoms with Crippen molar-refractivity contribution < 1.29 is 33.4 Å². The third-order valence-corrected chi connectivity index (χ3v) is 7.52. The van der Waals surface area contributed by atoms with E-state index in [1.807, 2.05) is 31.2 Å². The van der Waals surface area contributed by atoms with Crippen LogP contribution in [0.25, 0.3) is 16.9 Å². The highest BCUT2D eigenvalue weighted by molar-refractivity contribution is 5.95. The summed E-state index contributed by atoms with van der Waals surface area (Å²) in [6.45, 7) is 3.94. The molecule has 0 aliphatic carbocycles. The second kappa shape index (κ2) is 14.4. The van der Waals surface area contributed by atoms with E-state index in [-0.39, 0.29) is 37.3 Å². The smallest absolute Gasteiger partial charge is 0.419 e. The van der Waals surface area contributed by atoms with Crippen molar-refractivity contribution in [3.05, 3.63) is 48.4 Å². The number of ether oxygens (including phenoxy) is 3. The number of rotatable bonds is 9. The Morgan fingerprint density at radius 3 is 2.55 bits per heavy atom. The maximum Gasteiger partial charge on any atom is 0.419 e. The topological polar surface area (TPSA) is 185 Å². The molecule has 0 unspecified atom stereocenters. The summed E-state index contributed by atoms with van der Waals surface area (Å²) >= 11 is 0. The SMILES string of the molecule is CC[C@H](C)[C@@H](N)C(=O)OCOC(=O)N(C[C@@H]1OC(=O)N2c3ccc(-c4ccc(-n5cnnn5)nc4)cc3C[C@@H]12)C(C)=O.Cl.Cl. The fraction of sp³-hybridized carbons (Fsp3) is 0.407. The normalized spacial score (nSPS) is 17.6. The summed E-state index contributed by atoms with van der Waals surface area (Å²) in [5, 5.41) is 11.0. The van der Waals surface area contributed by atoms with Gasteiger partial charge in [0.25, 0.3) is 0 Å². The first kappa shape index (κ1) is 34.2. The molecule has 2 aliphatic rings. The molecule has 1 saturated heterocycles. The number of carbonyl (C=O) groups excluding carboxylic acids is 4. The van der Waals surface area contributed by atoms with E-state index in [0.29, 0.717) is 24.3 Å². The van der Waals surface area contributed by atoms with Gasteiger partial charge in [-0.1, -0.05) is 26.3 Å². The Kier molecular flexibility index (Phi) is 11.2. The number of hydrogen-bond donors (Lipinski definition) is 1. The van der Waals surface area contributed by atoms with Crippen LogP contribution in [0.1, 0.15) is 32.8 Å². The maximum absolute atomic E-state index is 12.8. The highest BCUT2D eigenvalue weighted by Crippen LogP contribution is 2.40. The number of esters is 1. The molecule has 2 N–H and O–H groups in total. The largest absolute Gasteiger partial charge is 0.442 e. The van der Waals surface area contributed by atoms with Gasteiger partial charge in [0.15, 0.2) is 5.82 Å². The molecule has 5 rings (SSSR count). The lowest BCUT2D eigenvalue weighted by Gasteiger charge is -2.24. The van der Waals surface area contributed by atoms with Gasteiger partial charge in [0.05, 0.1) is 18.3 Å². The number of anilines is 1. The van der Waals surface area contributed by atoms with E-state index in [2.05, 4.69) is 20.5 Å². The summed E-state index contributed by atoms with van der Waals surface area (Å²) in [6.07, 6.45) is 1.87. The van der Waals surface area contributed by atoms with Gasteiger partial charge in [-0.2, -0.15) is 4.68 Å². The molecule has 0 saturated carbocycles. The summed E-state index contributed by atoms with van der Waals surface area (Å²) < 4.78 is 16.9. The van der Waals surface area contributed by atoms with Gasteiger partial charge in [-0.3, -0.25) is 14.5 Å². The van der Waals surface area contributed by atoms with Crippen LogP contribution >= 0.6 is 24.8 Å². The van der Waals surface area contributed by atoms with Crippen molar-refractivity contribution in [2.75, 3.05) is 18.2 Å². The minimum Gasteiger partial charge on any atom is -0.442 e. The van der Waals surface area contributed by atoms with Gasteiger partial charge in [0.1, 0.15) is 18.5 Å². The Morgan fingerprint density at radius 2 is 1.91 bits per heavy atom. The number of halogens is 2. The van der Waals surface area contributed by atoms with E-state index < -0.39 is 49.0 Å². The minimum atomic E-state index is -1.03. The Labute approximate surface area is 264 Å². The van der Waals surface area contributed by atoms with Crippen LogP contribution in [0.15, 0.2) is 42.9 Å². The Balaban J connectivity index is 0.00000264. The van der Waals surface area contributed by atoms with Gasteiger partial charge < -0.3 is 19.9 Å². The van der Waals surface area contributed by atoms with Gasteiger partial charge in [-0.05, 0) is 58.2 Å². The van der Waals surface area contributed by atoms with Crippen LogP contribution in [0.3, 0.4) is 0 Å². The predicted molar refractivity (Wildman–Crippen MR) is 159 cm³/mol. The maximum atomic E-state index is 12.8. The molecule has 15 nitrogen and oxygen atoms in total. The number of aromatic nitrogens is 5. The number of amides is 3. The predicted octanol–water partition coefficient (Wildman–Crippen LogP) is 2.68. The van der Waals surface area contributed by atoms with E-state index in [9.17, 15) is 19.2 Å². The molecule has 0 radical (unpaired) electrons. The Hall–Kier alpha value is -4.34. The summed E-state index contributed by atoms with van der Waals surface area (Å²) in [7, 11) is 0. The number of nitrogens with zero attached hydrogens (tertiary/aromatic N) is 7. The molecule has 2 aliphatic heterocycles. The number of fused-ring (bicyclic) bond motifs is 3. The van der Waals surface area contributed by atoms with Crippen molar-refractivity contribution in [2.45, 2.75) is 51.8 Å². The lowest BCUT2D eigenvalue weighted by molar-refractivity contribution is -0.155. The quantitative estimate of drug-likeness (QED) is 0.264. The highest BCUT2D eigenvalue weighted by Gasteiger charge is 2.48. The number of hydrogen-bond acceptors (Lipinski definition) is 12. The van der Waals surface area contributed by atoms with Crippen molar-refractivity contribution in [3.63, 3.8) is 0 Å². The van der Waals surface area contributed by atoms with Crippen LogP contribution in [0.4, 0.5) is 15.3 Å². The lowest BCUT2D eigenvalue weighted by Crippen LogP contribution is -2.46. The zero-order valence-corrected chi connectivity index (χ0v) is 25.7. The van der Waals surface area contributed by atoms with Crippen molar-refractivity contribution in [3.8, 4) is 16.9 Å². The van der Waals surface area contributed by atoms with Gasteiger partial charge in [-0.25, -0.2) is 19.5 Å². The summed E-state index contributed by atoms with van der Waals surface area (Å²) in [5.41, 5.74) is 9.18. The molecular weight excluding hydrogens is 619 g/mol. The molecular formula is C27H32Cl2N8O7. The van der Waals surface area contributed by atoms with Crippen LogP contribution in [-0.4, -0.2) is 85.7 Å². The zero-order valence-electron chi connectivity index (χ0n) is 24.1. The number of tetrazole rings is 1. The second-order valence-electron chi connectivity index (χ2n) is 10.1. The standard InChI is InChI=1S/C27H30N8O7.2ClH/c1-4-15(2)24(28)25(37)40-14-41-26(38)33(16(3)36)12-22-21-10-19-9-17(5-7-20(19)35(21)27(39)42-22)18-6-8-23(29-11-18)34-13-30-31-32-34;;/h5-9,11,13,15,21-22,24H,4,10,12,14,28H2,1-3H3;2*1H/t15-,21-,22-,24+;;/m0../s1. The number of nitrogens with two attached hydrogens (primary N) is 1. The average molecular weight is 652 g/mol. The zero-order chi connectivity index (χ0) is 30.0. The number of imide groups is 1.